The van der Waals surface area contributed by atoms with Crippen LogP contribution in [0, 0.1) is 13.8 Å². The molecule has 1 amide bonds. The Balaban J connectivity index is 1.61. The summed E-state index contributed by atoms with van der Waals surface area (Å²) >= 11 is 0. The third-order valence-corrected chi connectivity index (χ3v) is 4.69. The first-order chi connectivity index (χ1) is 12.1. The topological polar surface area (TPSA) is 70.7 Å². The fraction of sp³-hybridized carbons (Fsp3) is 0.250. The molecule has 2 N–H and O–H groups in total. The van der Waals surface area contributed by atoms with Gasteiger partial charge >= 0.3 is 0 Å². The smallest absolute Gasteiger partial charge is 0.277 e. The van der Waals surface area contributed by atoms with Crippen molar-refractivity contribution >= 4 is 11.7 Å². The Bertz CT molecular complexity index is 926. The maximum absolute atomic E-state index is 12.5. The van der Waals surface area contributed by atoms with Crippen LogP contribution in [-0.4, -0.2) is 21.1 Å². The molecule has 1 aliphatic carbocycles. The van der Waals surface area contributed by atoms with Crippen molar-refractivity contribution in [3.8, 4) is 11.1 Å². The molecule has 5 nitrogen and oxygen atoms in total. The Morgan fingerprint density at radius 2 is 1.92 bits per heavy atom. The van der Waals surface area contributed by atoms with E-state index in [0.29, 0.717) is 17.4 Å². The maximum atomic E-state index is 12.5. The SMILES string of the molecule is Cc1nc(NC(=O)c2cc(C3CC3)[nH]n2)cc(-c2ccccc2)c1C. The lowest BCUT2D eigenvalue weighted by Gasteiger charge is -2.12. The summed E-state index contributed by atoms with van der Waals surface area (Å²) in [5.41, 5.74) is 5.64. The highest BCUT2D eigenvalue weighted by molar-refractivity contribution is 6.02. The van der Waals surface area contributed by atoms with E-state index in [1.54, 1.807) is 0 Å². The summed E-state index contributed by atoms with van der Waals surface area (Å²) in [6, 6.07) is 13.9. The molecule has 0 saturated heterocycles. The molecule has 1 saturated carbocycles. The molecule has 0 bridgehead atoms. The Labute approximate surface area is 146 Å². The van der Waals surface area contributed by atoms with Crippen LogP contribution in [0.4, 0.5) is 5.82 Å². The van der Waals surface area contributed by atoms with Crippen LogP contribution in [0.3, 0.4) is 0 Å². The Kier molecular flexibility index (Phi) is 3.84. The van der Waals surface area contributed by atoms with Crippen molar-refractivity contribution in [1.29, 1.82) is 0 Å². The molecule has 5 heteroatoms. The number of hydrogen-bond acceptors (Lipinski definition) is 3. The second-order valence-electron chi connectivity index (χ2n) is 6.57. The first kappa shape index (κ1) is 15.6. The summed E-state index contributed by atoms with van der Waals surface area (Å²) in [5.74, 6) is 0.847. The number of carbonyl (C=O) groups excluding carboxylic acids is 1. The number of amides is 1. The number of carbonyl (C=O) groups is 1. The molecule has 2 heterocycles. The number of benzene rings is 1. The van der Waals surface area contributed by atoms with Crippen molar-refractivity contribution in [3.63, 3.8) is 0 Å². The highest BCUT2D eigenvalue weighted by atomic mass is 16.2. The summed E-state index contributed by atoms with van der Waals surface area (Å²) in [4.78, 5) is 17.0. The summed E-state index contributed by atoms with van der Waals surface area (Å²) in [7, 11) is 0. The Morgan fingerprint density at radius 1 is 1.16 bits per heavy atom. The second-order valence-corrected chi connectivity index (χ2v) is 6.57. The van der Waals surface area contributed by atoms with Gasteiger partial charge in [-0.25, -0.2) is 4.98 Å². The Morgan fingerprint density at radius 3 is 2.64 bits per heavy atom. The highest BCUT2D eigenvalue weighted by Crippen LogP contribution is 2.39. The molecule has 1 aliphatic rings. The van der Waals surface area contributed by atoms with Crippen LogP contribution in [0.25, 0.3) is 11.1 Å². The molecule has 1 fully saturated rings. The largest absolute Gasteiger partial charge is 0.305 e. The summed E-state index contributed by atoms with van der Waals surface area (Å²) in [6.07, 6.45) is 2.34. The molecule has 0 atom stereocenters. The second kappa shape index (κ2) is 6.16. The molecular formula is C20H20N4O. The summed E-state index contributed by atoms with van der Waals surface area (Å²) < 4.78 is 0. The minimum absolute atomic E-state index is 0.238. The van der Waals surface area contributed by atoms with E-state index < -0.39 is 0 Å². The molecule has 0 radical (unpaired) electrons. The number of aryl methyl sites for hydroxylation is 1. The van der Waals surface area contributed by atoms with Crippen molar-refractivity contribution in [3.05, 3.63) is 65.1 Å². The molecule has 0 spiro atoms. The van der Waals surface area contributed by atoms with E-state index in [4.69, 9.17) is 0 Å². The minimum Gasteiger partial charge on any atom is -0.305 e. The molecule has 25 heavy (non-hydrogen) atoms. The van der Waals surface area contributed by atoms with Gasteiger partial charge in [0.25, 0.3) is 5.91 Å². The first-order valence-electron chi connectivity index (χ1n) is 8.52. The molecular weight excluding hydrogens is 312 g/mol. The molecule has 3 aromatic rings. The number of aromatic nitrogens is 3. The monoisotopic (exact) mass is 332 g/mol. The van der Waals surface area contributed by atoms with E-state index in [-0.39, 0.29) is 5.91 Å². The van der Waals surface area contributed by atoms with Crippen LogP contribution in [0.15, 0.2) is 42.5 Å². The molecule has 126 valence electrons. The van der Waals surface area contributed by atoms with Gasteiger partial charge < -0.3 is 5.32 Å². The van der Waals surface area contributed by atoms with Crippen molar-refractivity contribution in [2.24, 2.45) is 0 Å². The van der Waals surface area contributed by atoms with E-state index in [0.717, 1.165) is 28.1 Å². The van der Waals surface area contributed by atoms with Crippen molar-refractivity contribution < 1.29 is 4.79 Å². The van der Waals surface area contributed by atoms with E-state index in [2.05, 4.69) is 32.6 Å². The summed E-state index contributed by atoms with van der Waals surface area (Å²) in [5, 5.41) is 9.97. The summed E-state index contributed by atoms with van der Waals surface area (Å²) in [6.45, 7) is 4.00. The molecule has 1 aromatic carbocycles. The van der Waals surface area contributed by atoms with Crippen molar-refractivity contribution in [2.45, 2.75) is 32.6 Å². The standard InChI is InChI=1S/C20H20N4O/c1-12-13(2)21-19(10-16(12)14-6-4-3-5-7-14)22-20(25)18-11-17(23-24-18)15-8-9-15/h3-7,10-11,15H,8-9H2,1-2H3,(H,23,24)(H,21,22,25). The predicted molar refractivity (Wildman–Crippen MR) is 97.7 cm³/mol. The van der Waals surface area contributed by atoms with E-state index in [9.17, 15) is 4.79 Å². The molecule has 2 aromatic heterocycles. The third-order valence-electron chi connectivity index (χ3n) is 4.69. The van der Waals surface area contributed by atoms with E-state index in [1.165, 1.54) is 12.8 Å². The number of hydrogen-bond donors (Lipinski definition) is 2. The molecule has 0 unspecified atom stereocenters. The highest BCUT2D eigenvalue weighted by Gasteiger charge is 2.26. The van der Waals surface area contributed by atoms with Gasteiger partial charge in [0.2, 0.25) is 0 Å². The maximum Gasteiger partial charge on any atom is 0.277 e. The zero-order chi connectivity index (χ0) is 17.4. The van der Waals surface area contributed by atoms with Crippen LogP contribution in [0.5, 0.6) is 0 Å². The van der Waals surface area contributed by atoms with E-state index in [1.807, 2.05) is 44.2 Å². The minimum atomic E-state index is -0.238. The fourth-order valence-corrected chi connectivity index (χ4v) is 2.96. The average Bonchev–Trinajstić information content (AvgIpc) is 3.35. The molecule has 0 aliphatic heterocycles. The van der Waals surface area contributed by atoms with Crippen LogP contribution in [0.2, 0.25) is 0 Å². The quantitative estimate of drug-likeness (QED) is 0.751. The van der Waals surface area contributed by atoms with Gasteiger partial charge in [-0.15, -0.1) is 0 Å². The lowest BCUT2D eigenvalue weighted by Crippen LogP contribution is -2.14. The zero-order valence-corrected chi connectivity index (χ0v) is 14.3. The number of nitrogens with zero attached hydrogens (tertiary/aromatic N) is 2. The van der Waals surface area contributed by atoms with Gasteiger partial charge in [-0.3, -0.25) is 9.89 Å². The third kappa shape index (κ3) is 3.18. The lowest BCUT2D eigenvalue weighted by molar-refractivity contribution is 0.102. The van der Waals surface area contributed by atoms with Gasteiger partial charge in [-0.1, -0.05) is 30.3 Å². The van der Waals surface area contributed by atoms with Gasteiger partial charge in [0, 0.05) is 17.3 Å². The van der Waals surface area contributed by atoms with Gasteiger partial charge in [-0.2, -0.15) is 5.10 Å². The fourth-order valence-electron chi connectivity index (χ4n) is 2.96. The number of rotatable bonds is 4. The first-order valence-corrected chi connectivity index (χ1v) is 8.52. The average molecular weight is 332 g/mol. The molecule has 4 rings (SSSR count). The van der Waals surface area contributed by atoms with Crippen LogP contribution in [-0.2, 0) is 0 Å². The van der Waals surface area contributed by atoms with Crippen molar-refractivity contribution in [2.75, 3.05) is 5.32 Å². The number of H-pyrrole nitrogens is 1. The van der Waals surface area contributed by atoms with Gasteiger partial charge in [-0.05, 0) is 55.5 Å². The van der Waals surface area contributed by atoms with E-state index >= 15 is 0 Å². The van der Waals surface area contributed by atoms with Crippen LogP contribution < -0.4 is 5.32 Å². The number of pyridine rings is 1. The normalized spacial score (nSPS) is 13.7. The van der Waals surface area contributed by atoms with Crippen LogP contribution >= 0.6 is 0 Å². The van der Waals surface area contributed by atoms with Gasteiger partial charge in [0.1, 0.15) is 5.82 Å². The van der Waals surface area contributed by atoms with Gasteiger partial charge in [0.15, 0.2) is 5.69 Å². The van der Waals surface area contributed by atoms with Crippen molar-refractivity contribution in [1.82, 2.24) is 15.2 Å². The number of nitrogens with one attached hydrogen (secondary N) is 2. The lowest BCUT2D eigenvalue weighted by atomic mass is 10.0. The number of anilines is 1. The predicted octanol–water partition coefficient (Wildman–Crippen LogP) is 4.22. The van der Waals surface area contributed by atoms with Crippen LogP contribution in [0.1, 0.15) is 46.2 Å². The zero-order valence-electron chi connectivity index (χ0n) is 14.3. The number of aromatic amines is 1. The Hall–Kier alpha value is -2.95. The van der Waals surface area contributed by atoms with Gasteiger partial charge in [0.05, 0.1) is 0 Å².